The van der Waals surface area contributed by atoms with E-state index in [2.05, 4.69) is 26.1 Å². The molecule has 0 saturated carbocycles. The summed E-state index contributed by atoms with van der Waals surface area (Å²) in [5.74, 6) is 0. The van der Waals surface area contributed by atoms with E-state index in [1.54, 1.807) is 12.5 Å². The number of nitrogens with zero attached hydrogens (tertiary/aromatic N) is 1. The molecule has 0 aromatic rings. The van der Waals surface area contributed by atoms with Crippen molar-refractivity contribution < 1.29 is 44.2 Å². The van der Waals surface area contributed by atoms with Gasteiger partial charge in [0.2, 0.25) is 0 Å². The van der Waals surface area contributed by atoms with Crippen LogP contribution in [0.3, 0.4) is 0 Å². The van der Waals surface area contributed by atoms with Crippen molar-refractivity contribution in [3.05, 3.63) is 12.4 Å². The largest absolute Gasteiger partial charge is 1.00 e. The predicted octanol–water partition coefficient (Wildman–Crippen LogP) is -8.17. The zero-order chi connectivity index (χ0) is 7.11. The lowest BCUT2D eigenvalue weighted by Gasteiger charge is -1.88. The van der Waals surface area contributed by atoms with Crippen LogP contribution < -0.4 is 44.2 Å². The van der Waals surface area contributed by atoms with Crippen LogP contribution >= 0.6 is 0 Å². The van der Waals surface area contributed by atoms with Gasteiger partial charge >= 0.3 is 0 Å². The topological polar surface area (TPSA) is 33.4 Å². The molecule has 0 fully saturated rings. The SMILES string of the molecule is C1=C[NH2+]C=N1.C[NH+](C)C.[Br-].[Br-]. The van der Waals surface area contributed by atoms with Crippen molar-refractivity contribution in [2.24, 2.45) is 4.99 Å². The van der Waals surface area contributed by atoms with Gasteiger partial charge < -0.3 is 38.9 Å². The molecule has 0 radical (unpaired) electrons. The van der Waals surface area contributed by atoms with Crippen LogP contribution in [-0.2, 0) is 0 Å². The van der Waals surface area contributed by atoms with Crippen LogP contribution in [0.5, 0.6) is 0 Å². The Bertz CT molecular complexity index is 99.6. The summed E-state index contributed by atoms with van der Waals surface area (Å²) in [6.07, 6.45) is 5.39. The van der Waals surface area contributed by atoms with Crippen molar-refractivity contribution in [3.63, 3.8) is 0 Å². The van der Waals surface area contributed by atoms with Crippen LogP contribution in [-0.4, -0.2) is 27.5 Å². The lowest BCUT2D eigenvalue weighted by molar-refractivity contribution is -0.836. The van der Waals surface area contributed by atoms with Crippen molar-refractivity contribution in [2.75, 3.05) is 21.1 Å². The minimum Gasteiger partial charge on any atom is -1.00 e. The van der Waals surface area contributed by atoms with E-state index in [0.717, 1.165) is 0 Å². The maximum Gasteiger partial charge on any atom is 0.191 e. The number of nitrogens with one attached hydrogen (secondary N) is 1. The zero-order valence-corrected chi connectivity index (χ0v) is 10.2. The highest BCUT2D eigenvalue weighted by Gasteiger charge is 1.76. The van der Waals surface area contributed by atoms with Gasteiger partial charge in [0.25, 0.3) is 0 Å². The maximum absolute atomic E-state index is 3.72. The Morgan fingerprint density at radius 1 is 1.18 bits per heavy atom. The molecule has 0 aromatic heterocycles. The Kier molecular flexibility index (Phi) is 20.4. The van der Waals surface area contributed by atoms with Crippen molar-refractivity contribution in [1.82, 2.24) is 0 Å². The fraction of sp³-hybridized carbons (Fsp3) is 0.500. The number of quaternary nitrogens is 2. The lowest BCUT2D eigenvalue weighted by Crippen LogP contribution is -3.02. The molecule has 3 N–H and O–H groups in total. The molecular formula is C6H15Br2N3. The molecule has 1 heterocycles. The highest BCUT2D eigenvalue weighted by molar-refractivity contribution is 5.45. The van der Waals surface area contributed by atoms with Crippen LogP contribution in [0.2, 0.25) is 0 Å². The second kappa shape index (κ2) is 12.9. The first-order chi connectivity index (χ1) is 4.23. The highest BCUT2D eigenvalue weighted by Crippen LogP contribution is 1.63. The molecule has 1 aliphatic heterocycles. The molecular weight excluding hydrogens is 274 g/mol. The molecule has 0 aliphatic carbocycles. The molecule has 68 valence electrons. The van der Waals surface area contributed by atoms with E-state index < -0.39 is 0 Å². The number of rotatable bonds is 0. The van der Waals surface area contributed by atoms with Gasteiger partial charge in [0.15, 0.2) is 6.34 Å². The quantitative estimate of drug-likeness (QED) is 0.444. The Morgan fingerprint density at radius 3 is 1.73 bits per heavy atom. The molecule has 0 unspecified atom stereocenters. The minimum atomic E-state index is 0. The fourth-order valence-corrected chi connectivity index (χ4v) is 0.248. The van der Waals surface area contributed by atoms with Crippen LogP contribution in [0.25, 0.3) is 0 Å². The molecule has 1 rings (SSSR count). The van der Waals surface area contributed by atoms with Gasteiger partial charge in [-0.05, 0) is 0 Å². The summed E-state index contributed by atoms with van der Waals surface area (Å²) in [5, 5.41) is 1.89. The third kappa shape index (κ3) is 25.3. The number of hydrogen-bond donors (Lipinski definition) is 2. The molecule has 3 nitrogen and oxygen atoms in total. The van der Waals surface area contributed by atoms with Crippen LogP contribution in [0.4, 0.5) is 0 Å². The fourth-order valence-electron chi connectivity index (χ4n) is 0.248. The lowest BCUT2D eigenvalue weighted by atomic mass is 11.0. The summed E-state index contributed by atoms with van der Waals surface area (Å²) in [5.41, 5.74) is 0. The molecule has 0 atom stereocenters. The first kappa shape index (κ1) is 17.4. The third-order valence-electron chi connectivity index (χ3n) is 0.455. The van der Waals surface area contributed by atoms with Crippen LogP contribution in [0.1, 0.15) is 0 Å². The highest BCUT2D eigenvalue weighted by atomic mass is 79.9. The van der Waals surface area contributed by atoms with Gasteiger partial charge in [0.05, 0.1) is 27.3 Å². The molecule has 0 spiro atoms. The van der Waals surface area contributed by atoms with Crippen molar-refractivity contribution >= 4 is 6.34 Å². The van der Waals surface area contributed by atoms with E-state index in [1.165, 1.54) is 4.90 Å². The third-order valence-corrected chi connectivity index (χ3v) is 0.455. The normalized spacial score (nSPS) is 11.3. The molecule has 1 aliphatic rings. The van der Waals surface area contributed by atoms with Gasteiger partial charge in [-0.25, -0.2) is 4.99 Å². The van der Waals surface area contributed by atoms with E-state index in [0.29, 0.717) is 0 Å². The summed E-state index contributed by atoms with van der Waals surface area (Å²) in [6.45, 7) is 0. The second-order valence-electron chi connectivity index (χ2n) is 2.33. The Balaban J connectivity index is -0.000000101. The molecule has 0 saturated heterocycles. The average molecular weight is 289 g/mol. The van der Waals surface area contributed by atoms with Gasteiger partial charge in [0.1, 0.15) is 6.20 Å². The predicted molar refractivity (Wildman–Crippen MR) is 38.3 cm³/mol. The Morgan fingerprint density at radius 2 is 1.64 bits per heavy atom. The van der Waals surface area contributed by atoms with E-state index >= 15 is 0 Å². The second-order valence-corrected chi connectivity index (χ2v) is 2.33. The molecule has 0 aromatic carbocycles. The summed E-state index contributed by atoms with van der Waals surface area (Å²) in [6, 6.07) is 0. The number of halogens is 2. The maximum atomic E-state index is 3.72. The van der Waals surface area contributed by atoms with E-state index in [9.17, 15) is 0 Å². The summed E-state index contributed by atoms with van der Waals surface area (Å²) in [7, 11) is 6.25. The smallest absolute Gasteiger partial charge is 0.191 e. The summed E-state index contributed by atoms with van der Waals surface area (Å²) >= 11 is 0. The number of aliphatic imine (C=N–C) groups is 1. The van der Waals surface area contributed by atoms with E-state index in [-0.39, 0.29) is 34.0 Å². The Hall–Kier alpha value is 0.290. The van der Waals surface area contributed by atoms with Crippen LogP contribution in [0, 0.1) is 0 Å². The standard InChI is InChI=1S/C3H4N2.C3H9N.2BrH/c1-2-5-3-4-1;1-4(2)3;;/h1-3H,(H,4,5);1-3H3;2*1H. The molecule has 0 bridgehead atoms. The summed E-state index contributed by atoms with van der Waals surface area (Å²) < 4.78 is 0. The van der Waals surface area contributed by atoms with Crippen molar-refractivity contribution in [1.29, 1.82) is 0 Å². The number of hydrogen-bond acceptors (Lipinski definition) is 1. The monoisotopic (exact) mass is 287 g/mol. The van der Waals surface area contributed by atoms with Crippen LogP contribution in [0.15, 0.2) is 17.4 Å². The van der Waals surface area contributed by atoms with Crippen molar-refractivity contribution in [3.8, 4) is 0 Å². The van der Waals surface area contributed by atoms with E-state index in [1.807, 2.05) is 11.5 Å². The van der Waals surface area contributed by atoms with E-state index in [4.69, 9.17) is 0 Å². The van der Waals surface area contributed by atoms with Gasteiger partial charge in [-0.2, -0.15) is 0 Å². The zero-order valence-electron chi connectivity index (χ0n) is 7.01. The van der Waals surface area contributed by atoms with Gasteiger partial charge in [-0.15, -0.1) is 0 Å². The summed E-state index contributed by atoms with van der Waals surface area (Å²) in [4.78, 5) is 5.14. The first-order valence-corrected chi connectivity index (χ1v) is 3.02. The number of nitrogens with two attached hydrogens (primary N) is 1. The van der Waals surface area contributed by atoms with Crippen molar-refractivity contribution in [2.45, 2.75) is 0 Å². The van der Waals surface area contributed by atoms with Gasteiger partial charge in [-0.1, -0.05) is 0 Å². The molecule has 11 heavy (non-hydrogen) atoms. The Labute approximate surface area is 89.1 Å². The molecule has 5 heteroatoms. The van der Waals surface area contributed by atoms with Gasteiger partial charge in [0, 0.05) is 0 Å². The first-order valence-electron chi connectivity index (χ1n) is 3.02. The average Bonchev–Trinajstić information content (AvgIpc) is 2.11. The molecule has 0 amide bonds. The van der Waals surface area contributed by atoms with Gasteiger partial charge in [-0.3, -0.25) is 5.32 Å². The minimum absolute atomic E-state index is 0.